The summed E-state index contributed by atoms with van der Waals surface area (Å²) in [5.41, 5.74) is 1.77. The first-order chi connectivity index (χ1) is 8.76. The third-order valence-corrected chi connectivity index (χ3v) is 2.60. The van der Waals surface area contributed by atoms with Crippen molar-refractivity contribution in [3.05, 3.63) is 30.1 Å². The molecule has 1 aromatic heterocycles. The zero-order valence-corrected chi connectivity index (χ0v) is 10.5. The van der Waals surface area contributed by atoms with Crippen molar-refractivity contribution in [2.45, 2.75) is 20.1 Å². The van der Waals surface area contributed by atoms with Gasteiger partial charge in [-0.15, -0.1) is 0 Å². The number of hydrogen-bond acceptors (Lipinski definition) is 4. The Labute approximate surface area is 105 Å². The number of hydrogen-bond donors (Lipinski definition) is 0. The first kappa shape index (κ1) is 12.6. The van der Waals surface area contributed by atoms with Crippen LogP contribution in [0.5, 0.6) is 0 Å². The van der Waals surface area contributed by atoms with Gasteiger partial charge in [0.25, 0.3) is 0 Å². The lowest BCUT2D eigenvalue weighted by Gasteiger charge is -2.07. The summed E-state index contributed by atoms with van der Waals surface area (Å²) >= 11 is 0. The summed E-state index contributed by atoms with van der Waals surface area (Å²) in [7, 11) is 1.61. The molecule has 2 aromatic rings. The Morgan fingerprint density at radius 1 is 1.39 bits per heavy atom. The molecule has 0 bridgehead atoms. The molecule has 0 unspecified atom stereocenters. The number of imidazole rings is 1. The second-order valence-corrected chi connectivity index (χ2v) is 3.84. The lowest BCUT2D eigenvalue weighted by Crippen LogP contribution is -2.15. The molecule has 0 saturated carbocycles. The van der Waals surface area contributed by atoms with E-state index in [9.17, 15) is 4.79 Å². The molecule has 0 amide bonds. The zero-order chi connectivity index (χ0) is 13.0. The predicted molar refractivity (Wildman–Crippen MR) is 67.1 cm³/mol. The largest absolute Gasteiger partial charge is 0.465 e. The summed E-state index contributed by atoms with van der Waals surface area (Å²) in [6.07, 6.45) is 0. The number of methoxy groups -OCH3 is 1. The highest BCUT2D eigenvalue weighted by Gasteiger charge is 2.13. The molecule has 0 fully saturated rings. The van der Waals surface area contributed by atoms with Gasteiger partial charge in [0.05, 0.1) is 17.6 Å². The molecule has 5 heteroatoms. The number of para-hydroxylation sites is 2. The molecule has 1 heterocycles. The first-order valence-corrected chi connectivity index (χ1v) is 5.85. The monoisotopic (exact) mass is 248 g/mol. The van der Waals surface area contributed by atoms with Crippen LogP contribution in [0.2, 0.25) is 0 Å². The van der Waals surface area contributed by atoms with E-state index >= 15 is 0 Å². The van der Waals surface area contributed by atoms with Crippen LogP contribution < -0.4 is 0 Å². The molecule has 0 saturated heterocycles. The second kappa shape index (κ2) is 5.64. The summed E-state index contributed by atoms with van der Waals surface area (Å²) < 4.78 is 11.9. The molecule has 0 N–H and O–H groups in total. The lowest BCUT2D eigenvalue weighted by molar-refractivity contribution is -0.143. The maximum Gasteiger partial charge on any atom is 0.326 e. The highest BCUT2D eigenvalue weighted by molar-refractivity contribution is 5.78. The average Bonchev–Trinajstić information content (AvgIpc) is 2.69. The van der Waals surface area contributed by atoms with E-state index < -0.39 is 0 Å². The fraction of sp³-hybridized carbons (Fsp3) is 0.385. The van der Waals surface area contributed by atoms with Gasteiger partial charge in [-0.2, -0.15) is 0 Å². The number of benzene rings is 1. The van der Waals surface area contributed by atoms with E-state index in [1.807, 2.05) is 28.8 Å². The molecule has 0 atom stereocenters. The van der Waals surface area contributed by atoms with E-state index in [2.05, 4.69) is 4.98 Å². The fourth-order valence-electron chi connectivity index (χ4n) is 1.88. The van der Waals surface area contributed by atoms with Crippen LogP contribution in [-0.4, -0.2) is 29.2 Å². The molecule has 96 valence electrons. The van der Waals surface area contributed by atoms with Crippen molar-refractivity contribution < 1.29 is 14.3 Å². The summed E-state index contributed by atoms with van der Waals surface area (Å²) in [5.74, 6) is 0.463. The molecule has 0 aliphatic carbocycles. The highest BCUT2D eigenvalue weighted by Crippen LogP contribution is 2.16. The fourth-order valence-corrected chi connectivity index (χ4v) is 1.88. The average molecular weight is 248 g/mol. The van der Waals surface area contributed by atoms with Crippen LogP contribution in [0.4, 0.5) is 0 Å². The highest BCUT2D eigenvalue weighted by atomic mass is 16.5. The van der Waals surface area contributed by atoms with Crippen molar-refractivity contribution in [3.8, 4) is 0 Å². The van der Waals surface area contributed by atoms with Gasteiger partial charge in [0.2, 0.25) is 0 Å². The molecule has 1 aromatic carbocycles. The number of esters is 1. The Morgan fingerprint density at radius 3 is 2.89 bits per heavy atom. The van der Waals surface area contributed by atoms with Gasteiger partial charge in [-0.05, 0) is 19.1 Å². The van der Waals surface area contributed by atoms with Gasteiger partial charge in [0.15, 0.2) is 0 Å². The van der Waals surface area contributed by atoms with Crippen molar-refractivity contribution >= 4 is 17.0 Å². The van der Waals surface area contributed by atoms with Crippen LogP contribution >= 0.6 is 0 Å². The van der Waals surface area contributed by atoms with Gasteiger partial charge in [0, 0.05) is 7.11 Å². The molecule has 2 rings (SSSR count). The van der Waals surface area contributed by atoms with E-state index in [-0.39, 0.29) is 12.5 Å². The van der Waals surface area contributed by atoms with E-state index in [1.165, 1.54) is 0 Å². The summed E-state index contributed by atoms with van der Waals surface area (Å²) in [6, 6.07) is 7.68. The number of fused-ring (bicyclic) bond motifs is 1. The van der Waals surface area contributed by atoms with Gasteiger partial charge >= 0.3 is 5.97 Å². The third-order valence-electron chi connectivity index (χ3n) is 2.60. The summed E-state index contributed by atoms with van der Waals surface area (Å²) in [4.78, 5) is 16.0. The van der Waals surface area contributed by atoms with Crippen molar-refractivity contribution in [1.82, 2.24) is 9.55 Å². The SMILES string of the molecule is CCOC(=O)Cn1c(COC)nc2ccccc21. The van der Waals surface area contributed by atoms with Crippen molar-refractivity contribution in [3.63, 3.8) is 0 Å². The zero-order valence-electron chi connectivity index (χ0n) is 10.5. The summed E-state index contributed by atoms with van der Waals surface area (Å²) in [6.45, 7) is 2.70. The van der Waals surface area contributed by atoms with Gasteiger partial charge in [-0.3, -0.25) is 4.79 Å². The van der Waals surface area contributed by atoms with E-state index in [1.54, 1.807) is 14.0 Å². The molecular formula is C13H16N2O3. The number of ether oxygens (including phenoxy) is 2. The Kier molecular flexibility index (Phi) is 3.94. The van der Waals surface area contributed by atoms with E-state index in [0.29, 0.717) is 13.2 Å². The molecular weight excluding hydrogens is 232 g/mol. The van der Waals surface area contributed by atoms with Crippen LogP contribution in [0.1, 0.15) is 12.7 Å². The predicted octanol–water partition coefficient (Wildman–Crippen LogP) is 1.75. The molecule has 18 heavy (non-hydrogen) atoms. The molecule has 0 spiro atoms. The van der Waals surface area contributed by atoms with Crippen LogP contribution in [-0.2, 0) is 27.4 Å². The van der Waals surface area contributed by atoms with Crippen LogP contribution in [0.3, 0.4) is 0 Å². The smallest absolute Gasteiger partial charge is 0.326 e. The quantitative estimate of drug-likeness (QED) is 0.756. The van der Waals surface area contributed by atoms with Crippen molar-refractivity contribution in [2.24, 2.45) is 0 Å². The Bertz CT molecular complexity index is 548. The van der Waals surface area contributed by atoms with Gasteiger partial charge in [0.1, 0.15) is 19.0 Å². The Hall–Kier alpha value is -1.88. The Balaban J connectivity index is 2.38. The molecule has 5 nitrogen and oxygen atoms in total. The van der Waals surface area contributed by atoms with Crippen LogP contribution in [0.15, 0.2) is 24.3 Å². The first-order valence-electron chi connectivity index (χ1n) is 5.85. The van der Waals surface area contributed by atoms with Crippen LogP contribution in [0.25, 0.3) is 11.0 Å². The standard InChI is InChI=1S/C13H16N2O3/c1-3-18-13(16)8-15-11-7-5-4-6-10(11)14-12(15)9-17-2/h4-7H,3,8-9H2,1-2H3. The summed E-state index contributed by atoms with van der Waals surface area (Å²) in [5, 5.41) is 0. The number of rotatable bonds is 5. The van der Waals surface area contributed by atoms with E-state index in [4.69, 9.17) is 9.47 Å². The number of nitrogens with zero attached hydrogens (tertiary/aromatic N) is 2. The molecule has 0 aliphatic rings. The maximum absolute atomic E-state index is 11.6. The topological polar surface area (TPSA) is 53.4 Å². The number of aromatic nitrogens is 2. The lowest BCUT2D eigenvalue weighted by atomic mass is 10.3. The number of carbonyl (C=O) groups is 1. The minimum atomic E-state index is -0.266. The normalized spacial score (nSPS) is 10.8. The maximum atomic E-state index is 11.6. The molecule has 0 aliphatic heterocycles. The minimum absolute atomic E-state index is 0.160. The van der Waals surface area contributed by atoms with Crippen LogP contribution in [0, 0.1) is 0 Å². The third kappa shape index (κ3) is 2.51. The Morgan fingerprint density at radius 2 is 2.17 bits per heavy atom. The molecule has 0 radical (unpaired) electrons. The number of carbonyl (C=O) groups excluding carboxylic acids is 1. The van der Waals surface area contributed by atoms with Gasteiger partial charge in [-0.1, -0.05) is 12.1 Å². The van der Waals surface area contributed by atoms with Gasteiger partial charge < -0.3 is 14.0 Å². The van der Waals surface area contributed by atoms with Crippen molar-refractivity contribution in [1.29, 1.82) is 0 Å². The van der Waals surface area contributed by atoms with E-state index in [0.717, 1.165) is 16.9 Å². The second-order valence-electron chi connectivity index (χ2n) is 3.84. The minimum Gasteiger partial charge on any atom is -0.465 e. The van der Waals surface area contributed by atoms with Crippen molar-refractivity contribution in [2.75, 3.05) is 13.7 Å². The van der Waals surface area contributed by atoms with Gasteiger partial charge in [-0.25, -0.2) is 4.98 Å².